The molecule has 0 spiro atoms. The van der Waals surface area contributed by atoms with Gasteiger partial charge in [-0.3, -0.25) is 4.90 Å². The van der Waals surface area contributed by atoms with Gasteiger partial charge in [0.1, 0.15) is 0 Å². The Labute approximate surface area is 121 Å². The maximum atomic E-state index is 6.15. The quantitative estimate of drug-likeness (QED) is 0.919. The molecule has 3 nitrogen and oxygen atoms in total. The van der Waals surface area contributed by atoms with Gasteiger partial charge < -0.3 is 10.5 Å². The maximum absolute atomic E-state index is 6.15. The molecule has 1 unspecified atom stereocenters. The average Bonchev–Trinajstić information content (AvgIpc) is 2.31. The Bertz CT molecular complexity index is 305. The number of ether oxygens (including phenoxy) is 1. The molecule has 0 radical (unpaired) electrons. The van der Waals surface area contributed by atoms with Crippen molar-refractivity contribution in [3.63, 3.8) is 0 Å². The zero-order valence-corrected chi connectivity index (χ0v) is 12.1. The molecule has 0 aromatic heterocycles. The molecule has 1 aliphatic heterocycles. The van der Waals surface area contributed by atoms with E-state index in [2.05, 4.69) is 29.2 Å². The number of benzene rings is 1. The number of nitrogens with two attached hydrogens (primary N) is 1. The monoisotopic (exact) mass is 292 g/mol. The highest BCUT2D eigenvalue weighted by Gasteiger charge is 2.13. The molecule has 0 amide bonds. The van der Waals surface area contributed by atoms with E-state index in [0.29, 0.717) is 0 Å². The molecule has 1 aromatic rings. The summed E-state index contributed by atoms with van der Waals surface area (Å²) in [6.45, 7) is 4.69. The van der Waals surface area contributed by atoms with Crippen molar-refractivity contribution >= 4 is 24.8 Å². The van der Waals surface area contributed by atoms with Crippen LogP contribution in [-0.4, -0.2) is 43.8 Å². The van der Waals surface area contributed by atoms with Gasteiger partial charge in [0.05, 0.1) is 13.2 Å². The summed E-state index contributed by atoms with van der Waals surface area (Å²) in [7, 11) is 0. The maximum Gasteiger partial charge on any atom is 0.0594 e. The molecule has 0 bridgehead atoms. The lowest BCUT2D eigenvalue weighted by Gasteiger charge is -2.29. The second-order valence-corrected chi connectivity index (χ2v) is 4.36. The average molecular weight is 293 g/mol. The van der Waals surface area contributed by atoms with Crippen molar-refractivity contribution < 1.29 is 4.74 Å². The van der Waals surface area contributed by atoms with Crippen LogP contribution in [-0.2, 0) is 11.2 Å². The van der Waals surface area contributed by atoms with Crippen molar-refractivity contribution in [2.45, 2.75) is 12.5 Å². The SMILES string of the molecule is Cl.Cl.NC(Cc1ccccc1)CN1CCOCC1. The van der Waals surface area contributed by atoms with E-state index in [4.69, 9.17) is 10.5 Å². The van der Waals surface area contributed by atoms with Crippen LogP contribution < -0.4 is 5.73 Å². The lowest BCUT2D eigenvalue weighted by molar-refractivity contribution is 0.0353. The van der Waals surface area contributed by atoms with Crippen LogP contribution in [0.25, 0.3) is 0 Å². The summed E-state index contributed by atoms with van der Waals surface area (Å²) in [5.41, 5.74) is 7.48. The van der Waals surface area contributed by atoms with Gasteiger partial charge in [0, 0.05) is 25.7 Å². The predicted molar refractivity (Wildman–Crippen MR) is 79.9 cm³/mol. The van der Waals surface area contributed by atoms with E-state index in [9.17, 15) is 0 Å². The zero-order chi connectivity index (χ0) is 11.2. The Morgan fingerprint density at radius 3 is 2.33 bits per heavy atom. The van der Waals surface area contributed by atoms with Crippen LogP contribution in [0.2, 0.25) is 0 Å². The molecule has 18 heavy (non-hydrogen) atoms. The number of hydrogen-bond donors (Lipinski definition) is 1. The van der Waals surface area contributed by atoms with Crippen LogP contribution in [0.5, 0.6) is 0 Å². The number of nitrogens with zero attached hydrogens (tertiary/aromatic N) is 1. The van der Waals surface area contributed by atoms with Gasteiger partial charge in [-0.2, -0.15) is 0 Å². The van der Waals surface area contributed by atoms with E-state index >= 15 is 0 Å². The molecule has 1 saturated heterocycles. The summed E-state index contributed by atoms with van der Waals surface area (Å²) in [5, 5.41) is 0. The first-order valence-corrected chi connectivity index (χ1v) is 5.94. The third-order valence-electron chi connectivity index (χ3n) is 2.94. The molecule has 1 aromatic carbocycles. The molecule has 1 heterocycles. The summed E-state index contributed by atoms with van der Waals surface area (Å²) in [6.07, 6.45) is 0.957. The first-order chi connectivity index (χ1) is 7.84. The second-order valence-electron chi connectivity index (χ2n) is 4.36. The van der Waals surface area contributed by atoms with Crippen molar-refractivity contribution in [3.8, 4) is 0 Å². The largest absolute Gasteiger partial charge is 0.379 e. The van der Waals surface area contributed by atoms with Crippen LogP contribution >= 0.6 is 24.8 Å². The minimum Gasteiger partial charge on any atom is -0.379 e. The molecular weight excluding hydrogens is 271 g/mol. The van der Waals surface area contributed by atoms with Crippen molar-refractivity contribution in [3.05, 3.63) is 35.9 Å². The molecule has 2 rings (SSSR count). The second kappa shape index (κ2) is 9.59. The van der Waals surface area contributed by atoms with Gasteiger partial charge in [-0.1, -0.05) is 30.3 Å². The molecule has 0 saturated carbocycles. The molecule has 5 heteroatoms. The minimum absolute atomic E-state index is 0. The molecule has 1 fully saturated rings. The van der Waals surface area contributed by atoms with E-state index in [1.54, 1.807) is 0 Å². The van der Waals surface area contributed by atoms with E-state index in [0.717, 1.165) is 39.3 Å². The topological polar surface area (TPSA) is 38.5 Å². The Morgan fingerprint density at radius 1 is 1.11 bits per heavy atom. The first kappa shape index (κ1) is 17.7. The Kier molecular flexibility index (Phi) is 9.42. The van der Waals surface area contributed by atoms with Crippen molar-refractivity contribution in [1.29, 1.82) is 0 Å². The first-order valence-electron chi connectivity index (χ1n) is 5.94. The Balaban J connectivity index is 0.00000144. The molecule has 1 atom stereocenters. The summed E-state index contributed by atoms with van der Waals surface area (Å²) < 4.78 is 5.32. The van der Waals surface area contributed by atoms with E-state index in [-0.39, 0.29) is 30.9 Å². The van der Waals surface area contributed by atoms with Gasteiger partial charge >= 0.3 is 0 Å². The van der Waals surface area contributed by atoms with Crippen LogP contribution in [0.3, 0.4) is 0 Å². The van der Waals surface area contributed by atoms with Gasteiger partial charge in [-0.05, 0) is 12.0 Å². The van der Waals surface area contributed by atoms with Crippen molar-refractivity contribution in [1.82, 2.24) is 4.90 Å². The van der Waals surface area contributed by atoms with Crippen molar-refractivity contribution in [2.75, 3.05) is 32.8 Å². The van der Waals surface area contributed by atoms with Crippen LogP contribution in [0, 0.1) is 0 Å². The number of morpholine rings is 1. The van der Waals surface area contributed by atoms with Gasteiger partial charge in [0.25, 0.3) is 0 Å². The molecule has 2 N–H and O–H groups in total. The van der Waals surface area contributed by atoms with Crippen molar-refractivity contribution in [2.24, 2.45) is 5.73 Å². The normalized spacial score (nSPS) is 17.4. The van der Waals surface area contributed by atoms with Gasteiger partial charge in [-0.15, -0.1) is 24.8 Å². The minimum atomic E-state index is 0. The smallest absolute Gasteiger partial charge is 0.0594 e. The summed E-state index contributed by atoms with van der Waals surface area (Å²) in [6, 6.07) is 10.7. The van der Waals surface area contributed by atoms with Crippen LogP contribution in [0.4, 0.5) is 0 Å². The number of rotatable bonds is 4. The molecular formula is C13H22Cl2N2O. The van der Waals surface area contributed by atoms with Crippen LogP contribution in [0.1, 0.15) is 5.56 Å². The predicted octanol–water partition coefficient (Wildman–Crippen LogP) is 1.73. The fourth-order valence-corrected chi connectivity index (χ4v) is 2.10. The Hall–Kier alpha value is -0.320. The van der Waals surface area contributed by atoms with Gasteiger partial charge in [0.15, 0.2) is 0 Å². The van der Waals surface area contributed by atoms with Gasteiger partial charge in [-0.25, -0.2) is 0 Å². The Morgan fingerprint density at radius 2 is 1.72 bits per heavy atom. The number of hydrogen-bond acceptors (Lipinski definition) is 3. The number of halogens is 2. The van der Waals surface area contributed by atoms with E-state index in [1.165, 1.54) is 5.56 Å². The summed E-state index contributed by atoms with van der Waals surface area (Å²) in [5.74, 6) is 0. The highest BCUT2D eigenvalue weighted by atomic mass is 35.5. The fourth-order valence-electron chi connectivity index (χ4n) is 2.10. The lowest BCUT2D eigenvalue weighted by Crippen LogP contribution is -2.44. The highest BCUT2D eigenvalue weighted by Crippen LogP contribution is 2.04. The third kappa shape index (κ3) is 6.03. The summed E-state index contributed by atoms with van der Waals surface area (Å²) >= 11 is 0. The highest BCUT2D eigenvalue weighted by molar-refractivity contribution is 5.85. The van der Waals surface area contributed by atoms with E-state index in [1.807, 2.05) is 6.07 Å². The summed E-state index contributed by atoms with van der Waals surface area (Å²) in [4.78, 5) is 2.39. The molecule has 1 aliphatic rings. The van der Waals surface area contributed by atoms with E-state index < -0.39 is 0 Å². The lowest BCUT2D eigenvalue weighted by atomic mass is 10.1. The van der Waals surface area contributed by atoms with Gasteiger partial charge in [0.2, 0.25) is 0 Å². The zero-order valence-electron chi connectivity index (χ0n) is 10.5. The standard InChI is InChI=1S/C13H20N2O.2ClH/c14-13(10-12-4-2-1-3-5-12)11-15-6-8-16-9-7-15;;/h1-5,13H,6-11,14H2;2*1H. The third-order valence-corrected chi connectivity index (χ3v) is 2.94. The molecule has 0 aliphatic carbocycles. The fraction of sp³-hybridized carbons (Fsp3) is 0.538. The molecule has 104 valence electrons. The van der Waals surface area contributed by atoms with Crippen LogP contribution in [0.15, 0.2) is 30.3 Å².